The van der Waals surface area contributed by atoms with Gasteiger partial charge in [0.1, 0.15) is 6.04 Å². The van der Waals surface area contributed by atoms with Gasteiger partial charge in [-0.1, -0.05) is 50.2 Å². The van der Waals surface area contributed by atoms with Gasteiger partial charge in [0.05, 0.1) is 20.2 Å². The van der Waals surface area contributed by atoms with E-state index in [1.807, 2.05) is 56.3 Å². The fourth-order valence-electron chi connectivity index (χ4n) is 4.80. The van der Waals surface area contributed by atoms with Crippen LogP contribution in [-0.4, -0.2) is 55.2 Å². The minimum atomic E-state index is -1.69. The summed E-state index contributed by atoms with van der Waals surface area (Å²) in [5.41, 5.74) is 2.98. The lowest BCUT2D eigenvalue weighted by atomic mass is 9.75. The van der Waals surface area contributed by atoms with Crippen molar-refractivity contribution in [1.29, 1.82) is 0 Å². The van der Waals surface area contributed by atoms with Gasteiger partial charge in [-0.2, -0.15) is 0 Å². The minimum Gasteiger partial charge on any atom is -0.493 e. The molecule has 1 aliphatic carbocycles. The predicted molar refractivity (Wildman–Crippen MR) is 139 cm³/mol. The monoisotopic (exact) mass is 496 g/mol. The Morgan fingerprint density at radius 1 is 1.06 bits per heavy atom. The van der Waals surface area contributed by atoms with Gasteiger partial charge in [0.15, 0.2) is 11.5 Å². The van der Waals surface area contributed by atoms with Crippen LogP contribution in [0.25, 0.3) is 0 Å². The Bertz CT molecular complexity index is 1030. The molecule has 0 radical (unpaired) electrons. The quantitative estimate of drug-likeness (QED) is 0.354. The highest BCUT2D eigenvalue weighted by atomic mass is 16.5. The van der Waals surface area contributed by atoms with Gasteiger partial charge in [-0.15, -0.1) is 0 Å². The molecule has 0 aliphatic heterocycles. The van der Waals surface area contributed by atoms with Crippen molar-refractivity contribution in [3.05, 3.63) is 59.2 Å². The van der Waals surface area contributed by atoms with Crippen molar-refractivity contribution in [2.24, 2.45) is 11.8 Å². The number of hydrogen-bond acceptors (Lipinski definition) is 6. The molecule has 0 saturated carbocycles. The number of amides is 2. The average molecular weight is 496 g/mol. The van der Waals surface area contributed by atoms with E-state index in [0.717, 1.165) is 16.7 Å². The van der Waals surface area contributed by atoms with E-state index < -0.39 is 25.0 Å². The van der Waals surface area contributed by atoms with Gasteiger partial charge in [-0.05, 0) is 48.8 Å². The highest BCUT2D eigenvalue weighted by molar-refractivity contribution is 6.43. The first kappa shape index (κ1) is 27.6. The second-order valence-electron chi connectivity index (χ2n) is 9.79. The predicted octanol–water partition coefficient (Wildman–Crippen LogP) is 2.08. The third-order valence-electron chi connectivity index (χ3n) is 6.65. The molecule has 4 N–H and O–H groups in total. The lowest BCUT2D eigenvalue weighted by molar-refractivity contribution is -0.131. The van der Waals surface area contributed by atoms with E-state index in [2.05, 4.69) is 10.6 Å². The molecule has 1 aliphatic rings. The summed E-state index contributed by atoms with van der Waals surface area (Å²) in [5.74, 6) is -0.231. The number of nitrogens with one attached hydrogen (secondary N) is 2. The number of ether oxygens (including phenoxy) is 2. The number of fused-ring (bicyclic) bond motifs is 1. The van der Waals surface area contributed by atoms with Crippen LogP contribution < -0.4 is 20.1 Å². The summed E-state index contributed by atoms with van der Waals surface area (Å²) in [4.78, 5) is 26.6. The van der Waals surface area contributed by atoms with Crippen molar-refractivity contribution >= 4 is 18.9 Å². The number of methoxy groups -OCH3 is 2. The smallest absolute Gasteiger partial charge is 0.475 e. The lowest BCUT2D eigenvalue weighted by Crippen LogP contribution is -2.55. The molecule has 2 aromatic rings. The Labute approximate surface area is 213 Å². The Hall–Kier alpha value is -3.04. The van der Waals surface area contributed by atoms with Crippen molar-refractivity contribution in [2.45, 2.75) is 57.9 Å². The SMILES string of the molecule is COc1ccc2c(c1OC)CCC(C(=O)N[C@@H](Cc1ccccc1)C(=O)NC(CC(C)C)B(O)O)C2. The summed E-state index contributed by atoms with van der Waals surface area (Å²) in [6, 6.07) is 12.4. The van der Waals surface area contributed by atoms with Gasteiger partial charge < -0.3 is 30.2 Å². The maximum Gasteiger partial charge on any atom is 0.475 e. The summed E-state index contributed by atoms with van der Waals surface area (Å²) in [6.07, 6.45) is 2.51. The van der Waals surface area contributed by atoms with Crippen LogP contribution >= 0.6 is 0 Å². The summed E-state index contributed by atoms with van der Waals surface area (Å²) in [5, 5.41) is 25.2. The molecule has 2 aromatic carbocycles. The number of benzene rings is 2. The molecule has 9 heteroatoms. The largest absolute Gasteiger partial charge is 0.493 e. The highest BCUT2D eigenvalue weighted by Gasteiger charge is 2.33. The van der Waals surface area contributed by atoms with E-state index in [0.29, 0.717) is 43.6 Å². The number of carbonyl (C=O) groups is 2. The molecule has 8 nitrogen and oxygen atoms in total. The first-order valence-electron chi connectivity index (χ1n) is 12.5. The van der Waals surface area contributed by atoms with Crippen LogP contribution in [0.4, 0.5) is 0 Å². The molecule has 3 atom stereocenters. The second kappa shape index (κ2) is 12.8. The van der Waals surface area contributed by atoms with Crippen LogP contribution in [0.5, 0.6) is 11.5 Å². The van der Waals surface area contributed by atoms with Crippen molar-refractivity contribution in [2.75, 3.05) is 14.2 Å². The van der Waals surface area contributed by atoms with E-state index in [9.17, 15) is 19.6 Å². The Morgan fingerprint density at radius 3 is 2.39 bits per heavy atom. The summed E-state index contributed by atoms with van der Waals surface area (Å²) in [7, 11) is 1.52. The van der Waals surface area contributed by atoms with Gasteiger partial charge in [0.25, 0.3) is 0 Å². The van der Waals surface area contributed by atoms with Crippen molar-refractivity contribution in [3.63, 3.8) is 0 Å². The molecule has 194 valence electrons. The summed E-state index contributed by atoms with van der Waals surface area (Å²) < 4.78 is 11.0. The van der Waals surface area contributed by atoms with Crippen LogP contribution in [-0.2, 0) is 28.9 Å². The maximum absolute atomic E-state index is 13.3. The molecule has 36 heavy (non-hydrogen) atoms. The van der Waals surface area contributed by atoms with E-state index in [1.165, 1.54) is 0 Å². The van der Waals surface area contributed by atoms with Gasteiger partial charge in [-0.3, -0.25) is 9.59 Å². The normalized spacial score (nSPS) is 16.5. The molecular formula is C27H37BN2O6. The molecule has 0 fully saturated rings. The molecule has 0 bridgehead atoms. The summed E-state index contributed by atoms with van der Waals surface area (Å²) in [6.45, 7) is 3.88. The van der Waals surface area contributed by atoms with E-state index >= 15 is 0 Å². The fourth-order valence-corrected chi connectivity index (χ4v) is 4.80. The van der Waals surface area contributed by atoms with Crippen LogP contribution in [0.15, 0.2) is 42.5 Å². The topological polar surface area (TPSA) is 117 Å². The number of carbonyl (C=O) groups excluding carboxylic acids is 2. The minimum absolute atomic E-state index is 0.150. The fraction of sp³-hybridized carbons (Fsp3) is 0.481. The van der Waals surface area contributed by atoms with Gasteiger partial charge in [0, 0.05) is 17.9 Å². The average Bonchev–Trinajstić information content (AvgIpc) is 2.86. The van der Waals surface area contributed by atoms with Crippen molar-refractivity contribution in [3.8, 4) is 11.5 Å². The molecule has 0 saturated heterocycles. The highest BCUT2D eigenvalue weighted by Crippen LogP contribution is 2.38. The number of rotatable bonds is 11. The number of hydrogen-bond donors (Lipinski definition) is 4. The summed E-state index contributed by atoms with van der Waals surface area (Å²) >= 11 is 0. The van der Waals surface area contributed by atoms with Crippen LogP contribution in [0.1, 0.15) is 43.4 Å². The van der Waals surface area contributed by atoms with Gasteiger partial charge in [-0.25, -0.2) is 0 Å². The van der Waals surface area contributed by atoms with E-state index in [1.54, 1.807) is 14.2 Å². The maximum atomic E-state index is 13.3. The standard InChI is InChI=1S/C27H37BN2O6/c1-17(2)14-24(28(33)34)30-27(32)22(15-18-8-6-5-7-9-18)29-26(31)20-10-12-21-19(16-20)11-13-23(35-3)25(21)36-4/h5-9,11,13,17,20,22,24,33-34H,10,12,14-16H2,1-4H3,(H,29,31)(H,30,32)/t20?,22-,24?/m0/s1. The van der Waals surface area contributed by atoms with E-state index in [-0.39, 0.29) is 17.7 Å². The van der Waals surface area contributed by atoms with E-state index in [4.69, 9.17) is 9.47 Å². The molecule has 0 heterocycles. The van der Waals surface area contributed by atoms with Gasteiger partial charge >= 0.3 is 7.12 Å². The Balaban J connectivity index is 1.76. The molecular weight excluding hydrogens is 459 g/mol. The molecule has 0 spiro atoms. The lowest BCUT2D eigenvalue weighted by Gasteiger charge is -2.29. The van der Waals surface area contributed by atoms with Gasteiger partial charge in [0.2, 0.25) is 11.8 Å². The van der Waals surface area contributed by atoms with Crippen LogP contribution in [0.2, 0.25) is 0 Å². The Kier molecular flexibility index (Phi) is 9.78. The molecule has 0 aromatic heterocycles. The first-order chi connectivity index (χ1) is 17.2. The molecule has 3 rings (SSSR count). The van der Waals surface area contributed by atoms with Crippen LogP contribution in [0.3, 0.4) is 0 Å². The first-order valence-corrected chi connectivity index (χ1v) is 12.5. The Morgan fingerprint density at radius 2 is 1.78 bits per heavy atom. The third-order valence-corrected chi connectivity index (χ3v) is 6.65. The van der Waals surface area contributed by atoms with Crippen LogP contribution in [0, 0.1) is 11.8 Å². The zero-order valence-electron chi connectivity index (χ0n) is 21.5. The third kappa shape index (κ3) is 7.01. The molecule has 2 amide bonds. The second-order valence-corrected chi connectivity index (χ2v) is 9.79. The zero-order chi connectivity index (χ0) is 26.2. The van der Waals surface area contributed by atoms with Crippen molar-refractivity contribution in [1.82, 2.24) is 10.6 Å². The van der Waals surface area contributed by atoms with Crippen molar-refractivity contribution < 1.29 is 29.1 Å². The molecule has 2 unspecified atom stereocenters. The zero-order valence-corrected chi connectivity index (χ0v) is 21.5.